The van der Waals surface area contributed by atoms with E-state index in [1.807, 2.05) is 11.8 Å². The number of hydrogen-bond donors (Lipinski definition) is 1. The first-order valence-electron chi connectivity index (χ1n) is 9.82. The van der Waals surface area contributed by atoms with Gasteiger partial charge in [0.2, 0.25) is 10.0 Å². The molecule has 0 radical (unpaired) electrons. The van der Waals surface area contributed by atoms with Gasteiger partial charge >= 0.3 is 6.18 Å². The molecule has 0 spiro atoms. The van der Waals surface area contributed by atoms with Crippen molar-refractivity contribution in [2.45, 2.75) is 18.0 Å². The van der Waals surface area contributed by atoms with E-state index in [1.54, 1.807) is 24.3 Å². The van der Waals surface area contributed by atoms with E-state index in [2.05, 4.69) is 5.32 Å². The molecule has 6 nitrogen and oxygen atoms in total. The van der Waals surface area contributed by atoms with Gasteiger partial charge in [0.15, 0.2) is 0 Å². The van der Waals surface area contributed by atoms with Crippen LogP contribution in [0.1, 0.15) is 21.5 Å². The summed E-state index contributed by atoms with van der Waals surface area (Å²) in [7, 11) is -3.53. The van der Waals surface area contributed by atoms with Gasteiger partial charge in [-0.1, -0.05) is 17.7 Å². The van der Waals surface area contributed by atoms with Crippen molar-refractivity contribution >= 4 is 28.3 Å². The Balaban J connectivity index is 0.00000363. The summed E-state index contributed by atoms with van der Waals surface area (Å²) in [6.07, 6.45) is -4.44. The van der Waals surface area contributed by atoms with Crippen molar-refractivity contribution in [2.24, 2.45) is 0 Å². The van der Waals surface area contributed by atoms with Crippen LogP contribution in [-0.4, -0.2) is 62.8 Å². The molecule has 0 unspecified atom stereocenters. The fourth-order valence-electron chi connectivity index (χ4n) is 3.29. The smallest absolute Gasteiger partial charge is 0.351 e. The highest BCUT2D eigenvalue weighted by atomic mass is 35.5. The number of amides is 1. The Morgan fingerprint density at radius 3 is 2.06 bits per heavy atom. The summed E-state index contributed by atoms with van der Waals surface area (Å²) in [6.45, 7) is 4.48. The van der Waals surface area contributed by atoms with Crippen LogP contribution in [0.25, 0.3) is 0 Å². The van der Waals surface area contributed by atoms with Crippen molar-refractivity contribution in [1.82, 2.24) is 14.5 Å². The normalized spacial score (nSPS) is 15.8. The number of sulfonamides is 1. The van der Waals surface area contributed by atoms with E-state index < -0.39 is 27.7 Å². The van der Waals surface area contributed by atoms with Crippen molar-refractivity contribution in [2.75, 3.05) is 39.3 Å². The summed E-state index contributed by atoms with van der Waals surface area (Å²) in [4.78, 5) is 14.4. The number of aryl methyl sites for hydroxylation is 1. The monoisotopic (exact) mass is 491 g/mol. The molecule has 1 aliphatic rings. The summed E-state index contributed by atoms with van der Waals surface area (Å²) in [5.41, 5.74) is 0.339. The van der Waals surface area contributed by atoms with Crippen LogP contribution in [0.5, 0.6) is 0 Å². The summed E-state index contributed by atoms with van der Waals surface area (Å²) in [5.74, 6) is -0.450. The van der Waals surface area contributed by atoms with Gasteiger partial charge in [0, 0.05) is 44.8 Å². The van der Waals surface area contributed by atoms with Crippen LogP contribution in [0.2, 0.25) is 0 Å². The van der Waals surface area contributed by atoms with Gasteiger partial charge in [-0.2, -0.15) is 17.5 Å². The number of nitrogens with one attached hydrogen (secondary N) is 1. The van der Waals surface area contributed by atoms with E-state index in [-0.39, 0.29) is 22.9 Å². The number of rotatable bonds is 6. The van der Waals surface area contributed by atoms with Crippen LogP contribution in [-0.2, 0) is 16.2 Å². The van der Waals surface area contributed by atoms with Crippen molar-refractivity contribution in [3.05, 3.63) is 65.2 Å². The molecule has 2 aromatic rings. The third kappa shape index (κ3) is 6.44. The van der Waals surface area contributed by atoms with E-state index in [0.29, 0.717) is 39.3 Å². The lowest BCUT2D eigenvalue weighted by Crippen LogP contribution is -2.50. The molecule has 1 amide bonds. The molecule has 176 valence electrons. The van der Waals surface area contributed by atoms with Crippen molar-refractivity contribution in [1.29, 1.82) is 0 Å². The van der Waals surface area contributed by atoms with Gasteiger partial charge in [0.05, 0.1) is 10.5 Å². The Kier molecular flexibility index (Phi) is 8.69. The first-order valence-corrected chi connectivity index (χ1v) is 11.3. The number of alkyl halides is 3. The maximum absolute atomic E-state index is 12.7. The van der Waals surface area contributed by atoms with Crippen LogP contribution in [0, 0.1) is 6.92 Å². The van der Waals surface area contributed by atoms with Crippen LogP contribution in [0.4, 0.5) is 13.2 Å². The van der Waals surface area contributed by atoms with Crippen molar-refractivity contribution in [3.8, 4) is 0 Å². The molecule has 0 saturated carbocycles. The van der Waals surface area contributed by atoms with Gasteiger partial charge in [-0.3, -0.25) is 9.69 Å². The largest absolute Gasteiger partial charge is 0.416 e. The third-order valence-corrected chi connectivity index (χ3v) is 7.09. The topological polar surface area (TPSA) is 69.7 Å². The SMILES string of the molecule is Cc1ccc(S(=O)(=O)N2CCN(CCNC(=O)c3ccc(C(F)(F)F)cc3)CC2)cc1.Cl. The molecule has 32 heavy (non-hydrogen) atoms. The number of benzene rings is 2. The predicted octanol–water partition coefficient (Wildman–Crippen LogP) is 3.17. The first kappa shape index (κ1) is 26.1. The van der Waals surface area contributed by atoms with E-state index in [9.17, 15) is 26.4 Å². The summed E-state index contributed by atoms with van der Waals surface area (Å²) >= 11 is 0. The van der Waals surface area contributed by atoms with E-state index >= 15 is 0 Å². The Labute approximate surface area is 191 Å². The minimum absolute atomic E-state index is 0. The second-order valence-electron chi connectivity index (χ2n) is 7.39. The second kappa shape index (κ2) is 10.7. The quantitative estimate of drug-likeness (QED) is 0.674. The Hall–Kier alpha value is -2.14. The Morgan fingerprint density at radius 1 is 0.969 bits per heavy atom. The molecular formula is C21H25ClF3N3O3S. The number of nitrogens with zero attached hydrogens (tertiary/aromatic N) is 2. The van der Waals surface area contributed by atoms with Crippen LogP contribution in [0.3, 0.4) is 0 Å². The zero-order valence-corrected chi connectivity index (χ0v) is 19.1. The summed E-state index contributed by atoms with van der Waals surface area (Å²) in [6, 6.07) is 10.8. The molecule has 0 aliphatic carbocycles. The molecule has 0 atom stereocenters. The van der Waals surface area contributed by atoms with Gasteiger partial charge in [-0.15, -0.1) is 12.4 Å². The number of carbonyl (C=O) groups excluding carboxylic acids is 1. The van der Waals surface area contributed by atoms with E-state index in [0.717, 1.165) is 29.8 Å². The molecule has 1 fully saturated rings. The van der Waals surface area contributed by atoms with Gasteiger partial charge in [-0.05, 0) is 43.3 Å². The van der Waals surface area contributed by atoms with Crippen LogP contribution in [0.15, 0.2) is 53.4 Å². The van der Waals surface area contributed by atoms with Crippen molar-refractivity contribution < 1.29 is 26.4 Å². The standard InChI is InChI=1S/C21H24F3N3O3S.ClH/c1-16-2-8-19(9-3-16)31(29,30)27-14-12-26(13-15-27)11-10-25-20(28)17-4-6-18(7-5-17)21(22,23)24;/h2-9H,10-15H2,1H3,(H,25,28);1H. The zero-order chi connectivity index (χ0) is 22.6. The van der Waals surface area contributed by atoms with E-state index in [4.69, 9.17) is 0 Å². The minimum Gasteiger partial charge on any atom is -0.351 e. The lowest BCUT2D eigenvalue weighted by atomic mass is 10.1. The molecule has 0 bridgehead atoms. The average Bonchev–Trinajstić information content (AvgIpc) is 2.74. The first-order chi connectivity index (χ1) is 14.6. The highest BCUT2D eigenvalue weighted by Crippen LogP contribution is 2.29. The number of hydrogen-bond acceptors (Lipinski definition) is 4. The molecule has 11 heteroatoms. The van der Waals surface area contributed by atoms with Crippen molar-refractivity contribution in [3.63, 3.8) is 0 Å². The Bertz CT molecular complexity index is 1010. The molecule has 0 aromatic heterocycles. The molecule has 1 saturated heterocycles. The lowest BCUT2D eigenvalue weighted by molar-refractivity contribution is -0.137. The van der Waals surface area contributed by atoms with Crippen LogP contribution >= 0.6 is 12.4 Å². The highest BCUT2D eigenvalue weighted by Gasteiger charge is 2.30. The molecule has 1 N–H and O–H groups in total. The number of halogens is 4. The number of carbonyl (C=O) groups is 1. The minimum atomic E-state index is -4.44. The highest BCUT2D eigenvalue weighted by molar-refractivity contribution is 7.89. The van der Waals surface area contributed by atoms with Gasteiger partial charge in [-0.25, -0.2) is 8.42 Å². The van der Waals surface area contributed by atoms with Gasteiger partial charge in [0.1, 0.15) is 0 Å². The molecule has 1 heterocycles. The van der Waals surface area contributed by atoms with Crippen LogP contribution < -0.4 is 5.32 Å². The molecule has 3 rings (SSSR count). The maximum Gasteiger partial charge on any atom is 0.416 e. The summed E-state index contributed by atoms with van der Waals surface area (Å²) < 4.78 is 64.7. The fourth-order valence-corrected chi connectivity index (χ4v) is 4.72. The number of piperazine rings is 1. The van der Waals surface area contributed by atoms with Gasteiger partial charge in [0.25, 0.3) is 5.91 Å². The average molecular weight is 492 g/mol. The lowest BCUT2D eigenvalue weighted by Gasteiger charge is -2.34. The van der Waals surface area contributed by atoms with Gasteiger partial charge < -0.3 is 5.32 Å². The summed E-state index contributed by atoms with van der Waals surface area (Å²) in [5, 5.41) is 2.68. The molecule has 1 aliphatic heterocycles. The zero-order valence-electron chi connectivity index (χ0n) is 17.4. The molecule has 2 aromatic carbocycles. The predicted molar refractivity (Wildman–Crippen MR) is 117 cm³/mol. The maximum atomic E-state index is 12.7. The van der Waals surface area contributed by atoms with E-state index in [1.165, 1.54) is 4.31 Å². The second-order valence-corrected chi connectivity index (χ2v) is 9.33. The molecular weight excluding hydrogens is 467 g/mol. The third-order valence-electron chi connectivity index (χ3n) is 5.18. The fraction of sp³-hybridized carbons (Fsp3) is 0.381. The Morgan fingerprint density at radius 2 is 1.53 bits per heavy atom.